The van der Waals surface area contributed by atoms with Gasteiger partial charge in [-0.25, -0.2) is 0 Å². The van der Waals surface area contributed by atoms with E-state index in [9.17, 15) is 0 Å². The van der Waals surface area contributed by atoms with Crippen molar-refractivity contribution < 1.29 is 13.9 Å². The summed E-state index contributed by atoms with van der Waals surface area (Å²) in [5, 5.41) is 9.12. The summed E-state index contributed by atoms with van der Waals surface area (Å²) in [5.41, 5.74) is 1.67. The van der Waals surface area contributed by atoms with Crippen molar-refractivity contribution in [1.29, 1.82) is 0 Å². The highest BCUT2D eigenvalue weighted by Gasteiger charge is 2.13. The molecule has 6 heteroatoms. The van der Waals surface area contributed by atoms with Crippen LogP contribution < -0.4 is 9.47 Å². The first-order valence-corrected chi connectivity index (χ1v) is 7.77. The maximum atomic E-state index is 5.75. The molecule has 0 spiro atoms. The Morgan fingerprint density at radius 2 is 1.92 bits per heavy atom. The lowest BCUT2D eigenvalue weighted by Gasteiger charge is -2.05. The van der Waals surface area contributed by atoms with Crippen molar-refractivity contribution in [2.24, 2.45) is 0 Å². The Hall–Kier alpha value is -3.41. The zero-order valence-electron chi connectivity index (χ0n) is 13.5. The van der Waals surface area contributed by atoms with Crippen LogP contribution in [0.25, 0.3) is 22.4 Å². The summed E-state index contributed by atoms with van der Waals surface area (Å²) in [4.78, 5) is 4.29. The number of para-hydroxylation sites is 1. The van der Waals surface area contributed by atoms with Gasteiger partial charge in [0, 0.05) is 11.6 Å². The predicted molar refractivity (Wildman–Crippen MR) is 92.4 cm³/mol. The molecule has 25 heavy (non-hydrogen) atoms. The SMILES string of the molecule is COc1ccccc1-c1nnc(COc2ccc3ncccc3c2)o1. The fourth-order valence-electron chi connectivity index (χ4n) is 2.53. The number of aromatic nitrogens is 3. The number of nitrogens with zero attached hydrogens (tertiary/aromatic N) is 3. The summed E-state index contributed by atoms with van der Waals surface area (Å²) in [5.74, 6) is 2.20. The van der Waals surface area contributed by atoms with Crippen molar-refractivity contribution in [3.8, 4) is 23.0 Å². The van der Waals surface area contributed by atoms with Gasteiger partial charge in [-0.1, -0.05) is 18.2 Å². The van der Waals surface area contributed by atoms with E-state index >= 15 is 0 Å². The molecule has 0 N–H and O–H groups in total. The molecule has 0 fully saturated rings. The molecular formula is C19H15N3O3. The average molecular weight is 333 g/mol. The van der Waals surface area contributed by atoms with Crippen LogP contribution in [0.2, 0.25) is 0 Å². The molecule has 4 aromatic rings. The normalized spacial score (nSPS) is 10.8. The smallest absolute Gasteiger partial charge is 0.254 e. The Morgan fingerprint density at radius 1 is 1.00 bits per heavy atom. The molecule has 0 saturated heterocycles. The van der Waals surface area contributed by atoms with Crippen LogP contribution >= 0.6 is 0 Å². The fourth-order valence-corrected chi connectivity index (χ4v) is 2.53. The maximum absolute atomic E-state index is 5.75. The number of hydrogen-bond acceptors (Lipinski definition) is 6. The van der Waals surface area contributed by atoms with Gasteiger partial charge < -0.3 is 13.9 Å². The summed E-state index contributed by atoms with van der Waals surface area (Å²) in [7, 11) is 1.60. The Bertz CT molecular complexity index is 1010. The molecule has 0 aliphatic carbocycles. The van der Waals surface area contributed by atoms with Crippen molar-refractivity contribution in [2.75, 3.05) is 7.11 Å². The number of benzene rings is 2. The molecular weight excluding hydrogens is 318 g/mol. The van der Waals surface area contributed by atoms with Crippen molar-refractivity contribution in [2.45, 2.75) is 6.61 Å². The molecule has 0 saturated carbocycles. The van der Waals surface area contributed by atoms with Crippen molar-refractivity contribution in [3.63, 3.8) is 0 Å². The summed E-state index contributed by atoms with van der Waals surface area (Å²) in [6.45, 7) is 0.188. The maximum Gasteiger partial charge on any atom is 0.254 e. The van der Waals surface area contributed by atoms with Gasteiger partial charge in [0.2, 0.25) is 0 Å². The Kier molecular flexibility index (Phi) is 4.00. The van der Waals surface area contributed by atoms with Crippen molar-refractivity contribution in [3.05, 3.63) is 66.7 Å². The molecule has 2 aromatic heterocycles. The second-order valence-corrected chi connectivity index (χ2v) is 5.35. The second kappa shape index (κ2) is 6.60. The monoisotopic (exact) mass is 333 g/mol. The Labute approximate surface area is 144 Å². The third kappa shape index (κ3) is 3.14. The van der Waals surface area contributed by atoms with Crippen LogP contribution in [0.5, 0.6) is 11.5 Å². The predicted octanol–water partition coefficient (Wildman–Crippen LogP) is 3.87. The number of methoxy groups -OCH3 is 1. The highest BCUT2D eigenvalue weighted by atomic mass is 16.5. The molecule has 0 amide bonds. The summed E-state index contributed by atoms with van der Waals surface area (Å²) >= 11 is 0. The van der Waals surface area contributed by atoms with Gasteiger partial charge in [0.25, 0.3) is 11.8 Å². The van der Waals surface area contributed by atoms with E-state index in [2.05, 4.69) is 15.2 Å². The van der Waals surface area contributed by atoms with Gasteiger partial charge in [0.15, 0.2) is 6.61 Å². The Balaban J connectivity index is 1.51. The number of fused-ring (bicyclic) bond motifs is 1. The molecule has 0 unspecified atom stereocenters. The minimum Gasteiger partial charge on any atom is -0.496 e. The quantitative estimate of drug-likeness (QED) is 0.552. The largest absolute Gasteiger partial charge is 0.496 e. The standard InChI is InChI=1S/C19H15N3O3/c1-23-17-7-3-2-6-15(17)19-22-21-18(25-19)12-24-14-8-9-16-13(11-14)5-4-10-20-16/h2-11H,12H2,1H3. The lowest BCUT2D eigenvalue weighted by atomic mass is 10.2. The molecule has 6 nitrogen and oxygen atoms in total. The van der Waals surface area contributed by atoms with Gasteiger partial charge in [0.1, 0.15) is 11.5 Å². The summed E-state index contributed by atoms with van der Waals surface area (Å²) in [6, 6.07) is 17.1. The number of pyridine rings is 1. The summed E-state index contributed by atoms with van der Waals surface area (Å²) in [6.07, 6.45) is 1.76. The van der Waals surface area contributed by atoms with Gasteiger partial charge in [-0.15, -0.1) is 10.2 Å². The van der Waals surface area contributed by atoms with E-state index in [0.717, 1.165) is 22.2 Å². The lowest BCUT2D eigenvalue weighted by Crippen LogP contribution is -1.95. The molecule has 0 bridgehead atoms. The van der Waals surface area contributed by atoms with E-state index in [4.69, 9.17) is 13.9 Å². The number of hydrogen-bond donors (Lipinski definition) is 0. The molecule has 0 aliphatic rings. The van der Waals surface area contributed by atoms with Crippen LogP contribution in [0.15, 0.2) is 65.2 Å². The third-order valence-electron chi connectivity index (χ3n) is 3.74. The summed E-state index contributed by atoms with van der Waals surface area (Å²) < 4.78 is 16.7. The van der Waals surface area contributed by atoms with Gasteiger partial charge >= 0.3 is 0 Å². The zero-order chi connectivity index (χ0) is 17.1. The zero-order valence-corrected chi connectivity index (χ0v) is 13.5. The van der Waals surface area contributed by atoms with Crippen LogP contribution in [0, 0.1) is 0 Å². The third-order valence-corrected chi connectivity index (χ3v) is 3.74. The van der Waals surface area contributed by atoms with Crippen LogP contribution in [-0.4, -0.2) is 22.3 Å². The molecule has 124 valence electrons. The van der Waals surface area contributed by atoms with Crippen LogP contribution in [-0.2, 0) is 6.61 Å². The van der Waals surface area contributed by atoms with Gasteiger partial charge in [-0.2, -0.15) is 0 Å². The van der Waals surface area contributed by atoms with Gasteiger partial charge in [-0.05, 0) is 36.4 Å². The molecule has 0 aliphatic heterocycles. The lowest BCUT2D eigenvalue weighted by molar-refractivity contribution is 0.264. The second-order valence-electron chi connectivity index (χ2n) is 5.35. The molecule has 2 aromatic carbocycles. The highest BCUT2D eigenvalue weighted by Crippen LogP contribution is 2.28. The van der Waals surface area contributed by atoms with Crippen LogP contribution in [0.1, 0.15) is 5.89 Å². The van der Waals surface area contributed by atoms with Crippen LogP contribution in [0.4, 0.5) is 0 Å². The average Bonchev–Trinajstić information content (AvgIpc) is 3.15. The van der Waals surface area contributed by atoms with E-state index in [1.165, 1.54) is 0 Å². The van der Waals surface area contributed by atoms with Gasteiger partial charge in [0.05, 0.1) is 18.2 Å². The Morgan fingerprint density at radius 3 is 2.84 bits per heavy atom. The highest BCUT2D eigenvalue weighted by molar-refractivity contribution is 5.79. The first kappa shape index (κ1) is 15.1. The molecule has 2 heterocycles. The topological polar surface area (TPSA) is 70.3 Å². The van der Waals surface area contributed by atoms with Crippen LogP contribution in [0.3, 0.4) is 0 Å². The van der Waals surface area contributed by atoms with E-state index in [-0.39, 0.29) is 6.61 Å². The van der Waals surface area contributed by atoms with Crippen molar-refractivity contribution >= 4 is 10.9 Å². The van der Waals surface area contributed by atoms with E-state index in [1.807, 2.05) is 54.6 Å². The van der Waals surface area contributed by atoms with E-state index in [1.54, 1.807) is 13.3 Å². The first-order chi connectivity index (χ1) is 12.3. The van der Waals surface area contributed by atoms with Gasteiger partial charge in [-0.3, -0.25) is 4.98 Å². The van der Waals surface area contributed by atoms with Crippen molar-refractivity contribution in [1.82, 2.24) is 15.2 Å². The number of rotatable bonds is 5. The molecule has 4 rings (SSSR count). The van der Waals surface area contributed by atoms with E-state index < -0.39 is 0 Å². The van der Waals surface area contributed by atoms with E-state index in [0.29, 0.717) is 17.5 Å². The first-order valence-electron chi connectivity index (χ1n) is 7.77. The minimum atomic E-state index is 0.188. The number of ether oxygens (including phenoxy) is 2. The minimum absolute atomic E-state index is 0.188. The fraction of sp³-hybridized carbons (Fsp3) is 0.105. The molecule has 0 atom stereocenters. The molecule has 0 radical (unpaired) electrons.